The summed E-state index contributed by atoms with van der Waals surface area (Å²) in [7, 11) is 0. The third-order valence-electron chi connectivity index (χ3n) is 3.72. The zero-order valence-electron chi connectivity index (χ0n) is 15.4. The molecule has 0 aliphatic carbocycles. The quantitative estimate of drug-likeness (QED) is 0.821. The Balaban J connectivity index is 1.96. The first-order chi connectivity index (χ1) is 11.7. The fraction of sp³-hybridized carbons (Fsp3) is 0.647. The van der Waals surface area contributed by atoms with Crippen LogP contribution in [0.15, 0.2) is 18.3 Å². The number of nitrogens with zero attached hydrogens (tertiary/aromatic N) is 4. The van der Waals surface area contributed by atoms with E-state index in [1.807, 2.05) is 27.7 Å². The lowest BCUT2D eigenvalue weighted by Crippen LogP contribution is -2.41. The molecule has 1 aliphatic heterocycles. The molecule has 1 saturated heterocycles. The minimum absolute atomic E-state index is 0.0112. The number of hydrogen-bond donors (Lipinski definition) is 1. The van der Waals surface area contributed by atoms with Gasteiger partial charge in [-0.15, -0.1) is 5.10 Å². The van der Waals surface area contributed by atoms with Crippen molar-refractivity contribution in [3.05, 3.63) is 24.0 Å². The molecule has 1 atom stereocenters. The molecule has 1 aromatic rings. The summed E-state index contributed by atoms with van der Waals surface area (Å²) in [5, 5.41) is 10.6. The van der Waals surface area contributed by atoms with Crippen molar-refractivity contribution in [1.82, 2.24) is 25.2 Å². The van der Waals surface area contributed by atoms with Crippen LogP contribution in [-0.2, 0) is 11.3 Å². The van der Waals surface area contributed by atoms with Crippen LogP contribution in [0.25, 0.3) is 0 Å². The van der Waals surface area contributed by atoms with Gasteiger partial charge in [0, 0.05) is 13.1 Å². The summed E-state index contributed by atoms with van der Waals surface area (Å²) in [5.41, 5.74) is 0.592. The summed E-state index contributed by atoms with van der Waals surface area (Å²) in [4.78, 5) is 26.0. The zero-order valence-corrected chi connectivity index (χ0v) is 15.4. The first-order valence-corrected chi connectivity index (χ1v) is 8.48. The molecule has 2 heterocycles. The van der Waals surface area contributed by atoms with Gasteiger partial charge < -0.3 is 15.0 Å². The lowest BCUT2D eigenvalue weighted by Gasteiger charge is -2.28. The Kier molecular flexibility index (Phi) is 5.81. The molecular weight excluding hydrogens is 322 g/mol. The summed E-state index contributed by atoms with van der Waals surface area (Å²) in [6, 6.07) is -0.0112. The van der Waals surface area contributed by atoms with Gasteiger partial charge in [-0.1, -0.05) is 17.4 Å². The van der Waals surface area contributed by atoms with E-state index < -0.39 is 5.60 Å². The fourth-order valence-electron chi connectivity index (χ4n) is 2.62. The molecule has 8 heteroatoms. The van der Waals surface area contributed by atoms with Crippen molar-refractivity contribution in [2.24, 2.45) is 0 Å². The average molecular weight is 349 g/mol. The van der Waals surface area contributed by atoms with Crippen LogP contribution in [0.3, 0.4) is 0 Å². The molecule has 1 unspecified atom stereocenters. The molecule has 1 fully saturated rings. The Morgan fingerprint density at radius 1 is 1.44 bits per heavy atom. The number of likely N-dealkylation sites (tertiary alicyclic amines) is 1. The Hall–Kier alpha value is -2.38. The van der Waals surface area contributed by atoms with Gasteiger partial charge in [-0.25, -0.2) is 9.48 Å². The molecule has 2 rings (SSSR count). The van der Waals surface area contributed by atoms with Gasteiger partial charge in [-0.3, -0.25) is 4.79 Å². The highest BCUT2D eigenvalue weighted by Gasteiger charge is 2.32. The van der Waals surface area contributed by atoms with E-state index in [4.69, 9.17) is 4.74 Å². The molecule has 0 radical (unpaired) electrons. The number of amides is 2. The summed E-state index contributed by atoms with van der Waals surface area (Å²) in [5.74, 6) is -0.287. The number of rotatable bonds is 5. The minimum atomic E-state index is -0.522. The normalized spacial score (nSPS) is 17.4. The van der Waals surface area contributed by atoms with Crippen LogP contribution in [0, 0.1) is 0 Å². The predicted octanol–water partition coefficient (Wildman–Crippen LogP) is 1.98. The van der Waals surface area contributed by atoms with Crippen molar-refractivity contribution >= 4 is 12.0 Å². The fourth-order valence-corrected chi connectivity index (χ4v) is 2.62. The van der Waals surface area contributed by atoms with E-state index in [-0.39, 0.29) is 23.7 Å². The molecule has 0 spiro atoms. The topological polar surface area (TPSA) is 89.4 Å². The van der Waals surface area contributed by atoms with Crippen LogP contribution in [-0.4, -0.2) is 56.6 Å². The molecule has 1 aromatic heterocycles. The third-order valence-corrected chi connectivity index (χ3v) is 3.72. The summed E-state index contributed by atoms with van der Waals surface area (Å²) in [6.07, 6.45) is 3.08. The van der Waals surface area contributed by atoms with Gasteiger partial charge in [0.05, 0.1) is 18.8 Å². The maximum Gasteiger partial charge on any atom is 0.410 e. The van der Waals surface area contributed by atoms with Gasteiger partial charge in [-0.2, -0.15) is 0 Å². The van der Waals surface area contributed by atoms with Crippen molar-refractivity contribution in [2.45, 2.75) is 58.7 Å². The average Bonchev–Trinajstić information content (AvgIpc) is 3.12. The number of hydrogen-bond acceptors (Lipinski definition) is 5. The minimum Gasteiger partial charge on any atom is -0.444 e. The number of carbonyl (C=O) groups is 2. The highest BCUT2D eigenvalue weighted by molar-refractivity contribution is 5.91. The van der Waals surface area contributed by atoms with Gasteiger partial charge in [0.2, 0.25) is 0 Å². The summed E-state index contributed by atoms with van der Waals surface area (Å²) < 4.78 is 7.06. The summed E-state index contributed by atoms with van der Waals surface area (Å²) >= 11 is 0. The van der Waals surface area contributed by atoms with Crippen LogP contribution in [0.2, 0.25) is 0 Å². The van der Waals surface area contributed by atoms with Crippen LogP contribution in [0.1, 0.15) is 51.0 Å². The van der Waals surface area contributed by atoms with Crippen LogP contribution >= 0.6 is 0 Å². The highest BCUT2D eigenvalue weighted by atomic mass is 16.6. The maximum absolute atomic E-state index is 12.3. The third kappa shape index (κ3) is 5.58. The molecular formula is C17H27N5O3. The second-order valence-corrected chi connectivity index (χ2v) is 7.44. The van der Waals surface area contributed by atoms with E-state index in [1.54, 1.807) is 15.8 Å². The molecule has 0 bridgehead atoms. The monoisotopic (exact) mass is 349 g/mol. The van der Waals surface area contributed by atoms with E-state index in [9.17, 15) is 9.59 Å². The van der Waals surface area contributed by atoms with Crippen LogP contribution in [0.5, 0.6) is 0 Å². The summed E-state index contributed by atoms with van der Waals surface area (Å²) in [6.45, 7) is 12.7. The van der Waals surface area contributed by atoms with Crippen LogP contribution < -0.4 is 5.32 Å². The maximum atomic E-state index is 12.3. The Labute approximate surface area is 148 Å². The molecule has 1 N–H and O–H groups in total. The number of aromatic nitrogens is 3. The van der Waals surface area contributed by atoms with E-state index >= 15 is 0 Å². The second kappa shape index (κ2) is 7.67. The Bertz CT molecular complexity index is 647. The van der Waals surface area contributed by atoms with Gasteiger partial charge >= 0.3 is 6.09 Å². The van der Waals surface area contributed by atoms with Gasteiger partial charge in [0.15, 0.2) is 5.69 Å². The Morgan fingerprint density at radius 3 is 2.80 bits per heavy atom. The van der Waals surface area contributed by atoms with Crippen molar-refractivity contribution in [1.29, 1.82) is 0 Å². The lowest BCUT2D eigenvalue weighted by molar-refractivity contribution is 0.0211. The standard InChI is InChI=1S/C17H27N5O3/c1-12(2)9-18-15(23)14-11-21(20-19-14)10-13-7-6-8-22(13)16(24)25-17(3,4)5/h11,13H,1,6-10H2,2-5H3,(H,18,23). The molecule has 0 saturated carbocycles. The van der Waals surface area contributed by atoms with Crippen molar-refractivity contribution in [3.8, 4) is 0 Å². The Morgan fingerprint density at radius 2 is 2.16 bits per heavy atom. The number of ether oxygens (including phenoxy) is 1. The first kappa shape index (κ1) is 19.0. The largest absolute Gasteiger partial charge is 0.444 e. The van der Waals surface area contributed by atoms with Gasteiger partial charge in [0.1, 0.15) is 5.60 Å². The number of carbonyl (C=O) groups excluding carboxylic acids is 2. The molecule has 25 heavy (non-hydrogen) atoms. The SMILES string of the molecule is C=C(C)CNC(=O)c1cn(CC2CCCN2C(=O)OC(C)(C)C)nn1. The first-order valence-electron chi connectivity index (χ1n) is 8.48. The van der Waals surface area contributed by atoms with Crippen LogP contribution in [0.4, 0.5) is 4.79 Å². The van der Waals surface area contributed by atoms with Crippen molar-refractivity contribution < 1.29 is 14.3 Å². The number of nitrogens with one attached hydrogen (secondary N) is 1. The molecule has 138 valence electrons. The second-order valence-electron chi connectivity index (χ2n) is 7.44. The lowest BCUT2D eigenvalue weighted by atomic mass is 10.2. The molecule has 8 nitrogen and oxygen atoms in total. The van der Waals surface area contributed by atoms with Crippen molar-refractivity contribution in [2.75, 3.05) is 13.1 Å². The molecule has 0 aromatic carbocycles. The van der Waals surface area contributed by atoms with Crippen molar-refractivity contribution in [3.63, 3.8) is 0 Å². The van der Waals surface area contributed by atoms with E-state index in [2.05, 4.69) is 22.2 Å². The predicted molar refractivity (Wildman–Crippen MR) is 93.1 cm³/mol. The highest BCUT2D eigenvalue weighted by Crippen LogP contribution is 2.21. The van der Waals surface area contributed by atoms with Gasteiger partial charge in [0.25, 0.3) is 5.91 Å². The van der Waals surface area contributed by atoms with E-state index in [1.165, 1.54) is 0 Å². The smallest absolute Gasteiger partial charge is 0.410 e. The molecule has 2 amide bonds. The molecule has 1 aliphatic rings. The van der Waals surface area contributed by atoms with Gasteiger partial charge in [-0.05, 0) is 40.5 Å². The van der Waals surface area contributed by atoms with E-state index in [0.717, 1.165) is 18.4 Å². The zero-order chi connectivity index (χ0) is 18.6. The van der Waals surface area contributed by atoms with E-state index in [0.29, 0.717) is 19.6 Å².